The highest BCUT2D eigenvalue weighted by Gasteiger charge is 2.36. The van der Waals surface area contributed by atoms with Crippen molar-refractivity contribution in [3.63, 3.8) is 0 Å². The molecule has 0 aromatic carbocycles. The molecule has 0 aliphatic carbocycles. The molecule has 0 radical (unpaired) electrons. The maximum absolute atomic E-state index is 11.1. The second-order valence-electron chi connectivity index (χ2n) is 8.07. The van der Waals surface area contributed by atoms with Gasteiger partial charge in [-0.25, -0.2) is 0 Å². The lowest BCUT2D eigenvalue weighted by atomic mass is 10.0. The van der Waals surface area contributed by atoms with E-state index in [1.165, 1.54) is 110 Å². The molecule has 0 aromatic heterocycles. The lowest BCUT2D eigenvalue weighted by molar-refractivity contribution is -0.140. The molecule has 0 amide bonds. The van der Waals surface area contributed by atoms with E-state index in [9.17, 15) is 4.79 Å². The van der Waals surface area contributed by atoms with Crippen LogP contribution < -0.4 is 0 Å². The number of hydrogen-bond acceptors (Lipinski definition) is 3. The highest BCUT2D eigenvalue weighted by atomic mass is 32.2. The first-order valence-electron chi connectivity index (χ1n) is 11.5. The van der Waals surface area contributed by atoms with E-state index in [0.29, 0.717) is 6.42 Å². The van der Waals surface area contributed by atoms with Crippen molar-refractivity contribution in [1.29, 1.82) is 0 Å². The Bertz CT molecular complexity index is 332. The molecule has 154 valence electrons. The molecule has 1 aliphatic rings. The van der Waals surface area contributed by atoms with Gasteiger partial charge in [0.05, 0.1) is 7.11 Å². The van der Waals surface area contributed by atoms with Crippen molar-refractivity contribution in [3.05, 3.63) is 0 Å². The number of thioether (sulfide) groups is 1. The number of carbonyl (C=O) groups is 1. The molecule has 1 saturated heterocycles. The van der Waals surface area contributed by atoms with Crippen LogP contribution in [-0.2, 0) is 9.53 Å². The van der Waals surface area contributed by atoms with Gasteiger partial charge in [0.25, 0.3) is 0 Å². The molecule has 0 spiro atoms. The minimum atomic E-state index is -0.0584. The molecule has 2 atom stereocenters. The van der Waals surface area contributed by atoms with Crippen LogP contribution in [0.2, 0.25) is 0 Å². The number of hydrogen-bond donors (Lipinski definition) is 0. The van der Waals surface area contributed by atoms with Gasteiger partial charge in [-0.15, -0.1) is 0 Å². The number of unbranched alkanes of at least 4 members (excludes halogenated alkanes) is 13. The summed E-state index contributed by atoms with van der Waals surface area (Å²) in [5.41, 5.74) is 0. The second kappa shape index (κ2) is 17.0. The summed E-state index contributed by atoms with van der Waals surface area (Å²) >= 11 is 2.17. The summed E-state index contributed by atoms with van der Waals surface area (Å²) in [4.78, 5) is 11.1. The molecule has 0 aromatic rings. The summed E-state index contributed by atoms with van der Waals surface area (Å²) < 4.78 is 4.68. The van der Waals surface area contributed by atoms with Crippen molar-refractivity contribution in [1.82, 2.24) is 0 Å². The minimum Gasteiger partial charge on any atom is -0.469 e. The number of ether oxygens (including phenoxy) is 1. The van der Waals surface area contributed by atoms with Crippen molar-refractivity contribution in [3.8, 4) is 0 Å². The molecule has 0 saturated carbocycles. The summed E-state index contributed by atoms with van der Waals surface area (Å²) in [5.74, 6) is -0.0584. The van der Waals surface area contributed by atoms with Crippen molar-refractivity contribution in [2.24, 2.45) is 0 Å². The molecule has 26 heavy (non-hydrogen) atoms. The summed E-state index contributed by atoms with van der Waals surface area (Å²) in [6, 6.07) is 0. The van der Waals surface area contributed by atoms with E-state index in [0.717, 1.165) is 16.9 Å². The van der Waals surface area contributed by atoms with Crippen LogP contribution in [0.4, 0.5) is 0 Å². The number of methoxy groups -OCH3 is 1. The molecule has 2 unspecified atom stereocenters. The summed E-state index contributed by atoms with van der Waals surface area (Å²) in [6.45, 7) is 2.29. The van der Waals surface area contributed by atoms with Crippen LogP contribution in [0.5, 0.6) is 0 Å². The fourth-order valence-corrected chi connectivity index (χ4v) is 5.00. The zero-order chi connectivity index (χ0) is 18.9. The quantitative estimate of drug-likeness (QED) is 0.130. The topological polar surface area (TPSA) is 26.3 Å². The highest BCUT2D eigenvalue weighted by Crippen LogP contribution is 2.47. The molecule has 3 heteroatoms. The zero-order valence-electron chi connectivity index (χ0n) is 17.6. The average Bonchev–Trinajstić information content (AvgIpc) is 3.40. The average molecular weight is 385 g/mol. The lowest BCUT2D eigenvalue weighted by Crippen LogP contribution is -2.00. The predicted molar refractivity (Wildman–Crippen MR) is 116 cm³/mol. The first-order valence-corrected chi connectivity index (χ1v) is 12.4. The fourth-order valence-electron chi connectivity index (χ4n) is 3.77. The standard InChI is InChI=1S/C23H44O2S/c1-3-4-5-6-7-8-9-10-11-12-13-14-15-18-21-22(26-21)19-16-17-20-23(24)25-2/h21-22H,3-20H2,1-2H3. The highest BCUT2D eigenvalue weighted by molar-refractivity contribution is 8.07. The summed E-state index contributed by atoms with van der Waals surface area (Å²) in [5, 5.41) is 1.82. The van der Waals surface area contributed by atoms with Gasteiger partial charge in [-0.3, -0.25) is 4.79 Å². The zero-order valence-corrected chi connectivity index (χ0v) is 18.4. The maximum atomic E-state index is 11.1. The van der Waals surface area contributed by atoms with E-state index in [1.807, 2.05) is 0 Å². The Morgan fingerprint density at radius 1 is 0.692 bits per heavy atom. The SMILES string of the molecule is CCCCCCCCCCCCCCCC1SC1CCCCC(=O)OC. The van der Waals surface area contributed by atoms with Gasteiger partial charge >= 0.3 is 5.97 Å². The Morgan fingerprint density at radius 3 is 1.58 bits per heavy atom. The van der Waals surface area contributed by atoms with E-state index >= 15 is 0 Å². The number of esters is 1. The Kier molecular flexibility index (Phi) is 15.6. The fraction of sp³-hybridized carbons (Fsp3) is 0.957. The van der Waals surface area contributed by atoms with Crippen molar-refractivity contribution < 1.29 is 9.53 Å². The predicted octanol–water partition coefficient (Wildman–Crippen LogP) is 7.69. The van der Waals surface area contributed by atoms with E-state index in [1.54, 1.807) is 0 Å². The normalized spacial score (nSPS) is 18.8. The Hall–Kier alpha value is -0.180. The molecular weight excluding hydrogens is 340 g/mol. The monoisotopic (exact) mass is 384 g/mol. The molecule has 0 N–H and O–H groups in total. The molecule has 1 fully saturated rings. The van der Waals surface area contributed by atoms with Gasteiger partial charge in [-0.2, -0.15) is 11.8 Å². The van der Waals surface area contributed by atoms with Gasteiger partial charge < -0.3 is 4.74 Å². The van der Waals surface area contributed by atoms with Crippen LogP contribution >= 0.6 is 11.8 Å². The van der Waals surface area contributed by atoms with Gasteiger partial charge in [-0.05, 0) is 19.3 Å². The van der Waals surface area contributed by atoms with Crippen molar-refractivity contribution >= 4 is 17.7 Å². The van der Waals surface area contributed by atoms with Gasteiger partial charge in [0, 0.05) is 16.9 Å². The van der Waals surface area contributed by atoms with Crippen LogP contribution in [0.15, 0.2) is 0 Å². The van der Waals surface area contributed by atoms with E-state index in [2.05, 4.69) is 23.4 Å². The lowest BCUT2D eigenvalue weighted by Gasteiger charge is -2.03. The van der Waals surface area contributed by atoms with Crippen LogP contribution in [0.25, 0.3) is 0 Å². The molecule has 1 rings (SSSR count). The first kappa shape index (κ1) is 23.9. The largest absolute Gasteiger partial charge is 0.469 e. The summed E-state index contributed by atoms with van der Waals surface area (Å²) in [6.07, 6.45) is 24.2. The Labute approximate surface area is 167 Å². The van der Waals surface area contributed by atoms with Crippen LogP contribution in [-0.4, -0.2) is 23.6 Å². The third-order valence-electron chi connectivity index (χ3n) is 5.63. The molecule has 2 nitrogen and oxygen atoms in total. The third-order valence-corrected chi connectivity index (χ3v) is 7.14. The van der Waals surface area contributed by atoms with Crippen molar-refractivity contribution in [2.45, 2.75) is 133 Å². The van der Waals surface area contributed by atoms with E-state index in [4.69, 9.17) is 0 Å². The minimum absolute atomic E-state index is 0.0584. The molecule has 0 bridgehead atoms. The smallest absolute Gasteiger partial charge is 0.305 e. The van der Waals surface area contributed by atoms with Crippen molar-refractivity contribution in [2.75, 3.05) is 7.11 Å². The summed E-state index contributed by atoms with van der Waals surface area (Å²) in [7, 11) is 1.48. The van der Waals surface area contributed by atoms with Crippen LogP contribution in [0.3, 0.4) is 0 Å². The van der Waals surface area contributed by atoms with Gasteiger partial charge in [0.15, 0.2) is 0 Å². The van der Waals surface area contributed by atoms with Crippen LogP contribution in [0.1, 0.15) is 122 Å². The van der Waals surface area contributed by atoms with Crippen LogP contribution in [0, 0.1) is 0 Å². The maximum Gasteiger partial charge on any atom is 0.305 e. The molecular formula is C23H44O2S. The first-order chi connectivity index (χ1) is 12.8. The number of rotatable bonds is 19. The second-order valence-corrected chi connectivity index (χ2v) is 9.55. The number of carbonyl (C=O) groups excluding carboxylic acids is 1. The van der Waals surface area contributed by atoms with E-state index in [-0.39, 0.29) is 5.97 Å². The third kappa shape index (κ3) is 13.9. The van der Waals surface area contributed by atoms with Gasteiger partial charge in [0.1, 0.15) is 0 Å². The van der Waals surface area contributed by atoms with E-state index < -0.39 is 0 Å². The van der Waals surface area contributed by atoms with Gasteiger partial charge in [0.2, 0.25) is 0 Å². The Morgan fingerprint density at radius 2 is 1.12 bits per heavy atom. The van der Waals surface area contributed by atoms with Gasteiger partial charge in [-0.1, -0.05) is 96.8 Å². The Balaban J connectivity index is 1.72. The molecule has 1 heterocycles. The molecule has 1 aliphatic heterocycles.